The van der Waals surface area contributed by atoms with E-state index < -0.39 is 0 Å². The minimum atomic E-state index is 0.204. The predicted octanol–water partition coefficient (Wildman–Crippen LogP) is 1.26. The van der Waals surface area contributed by atoms with E-state index in [1.54, 1.807) is 7.11 Å². The molecule has 0 spiro atoms. The molecule has 1 atom stereocenters. The van der Waals surface area contributed by atoms with Gasteiger partial charge in [0.1, 0.15) is 0 Å². The van der Waals surface area contributed by atoms with Crippen LogP contribution >= 0.6 is 0 Å². The van der Waals surface area contributed by atoms with E-state index in [-0.39, 0.29) is 5.91 Å². The largest absolute Gasteiger partial charge is 0.383 e. The van der Waals surface area contributed by atoms with Gasteiger partial charge < -0.3 is 15.0 Å². The maximum atomic E-state index is 12.1. The van der Waals surface area contributed by atoms with Gasteiger partial charge in [0.25, 0.3) is 0 Å². The van der Waals surface area contributed by atoms with Crippen molar-refractivity contribution in [2.24, 2.45) is 5.92 Å². The summed E-state index contributed by atoms with van der Waals surface area (Å²) in [5.41, 5.74) is 0. The summed E-state index contributed by atoms with van der Waals surface area (Å²) in [6, 6.07) is 0.362. The van der Waals surface area contributed by atoms with Crippen molar-refractivity contribution in [2.75, 3.05) is 33.4 Å². The fourth-order valence-corrected chi connectivity index (χ4v) is 2.05. The zero-order valence-corrected chi connectivity index (χ0v) is 11.4. The van der Waals surface area contributed by atoms with Crippen LogP contribution in [0.3, 0.4) is 0 Å². The van der Waals surface area contributed by atoms with E-state index in [0.29, 0.717) is 31.7 Å². The lowest BCUT2D eigenvalue weighted by molar-refractivity contribution is -0.133. The van der Waals surface area contributed by atoms with E-state index in [1.165, 1.54) is 12.8 Å². The summed E-state index contributed by atoms with van der Waals surface area (Å²) < 4.78 is 5.08. The Hall–Kier alpha value is -0.610. The quantitative estimate of drug-likeness (QED) is 0.619. The van der Waals surface area contributed by atoms with E-state index in [1.807, 2.05) is 4.90 Å². The molecular weight excluding hydrogens is 216 g/mol. The fraction of sp³-hybridized carbons (Fsp3) is 0.923. The fourth-order valence-electron chi connectivity index (χ4n) is 2.05. The highest BCUT2D eigenvalue weighted by Crippen LogP contribution is 2.35. The molecule has 1 amide bonds. The van der Waals surface area contributed by atoms with Crippen LogP contribution in [0.15, 0.2) is 0 Å². The van der Waals surface area contributed by atoms with Crippen molar-refractivity contribution in [3.63, 3.8) is 0 Å². The Morgan fingerprint density at radius 3 is 2.76 bits per heavy atom. The molecule has 0 aromatic carbocycles. The minimum Gasteiger partial charge on any atom is -0.383 e. The Morgan fingerprint density at radius 2 is 2.24 bits per heavy atom. The third kappa shape index (κ3) is 5.04. The van der Waals surface area contributed by atoms with Crippen LogP contribution in [0.25, 0.3) is 0 Å². The highest BCUT2D eigenvalue weighted by atomic mass is 16.5. The molecule has 1 fully saturated rings. The Morgan fingerprint density at radius 1 is 1.53 bits per heavy atom. The normalized spacial score (nSPS) is 16.9. The van der Waals surface area contributed by atoms with Crippen LogP contribution in [0.4, 0.5) is 0 Å². The van der Waals surface area contributed by atoms with Gasteiger partial charge in [-0.3, -0.25) is 4.79 Å². The monoisotopic (exact) mass is 242 g/mol. The molecule has 4 nitrogen and oxygen atoms in total. The minimum absolute atomic E-state index is 0.204. The maximum Gasteiger partial charge on any atom is 0.236 e. The Labute approximate surface area is 105 Å². The van der Waals surface area contributed by atoms with Crippen molar-refractivity contribution in [3.8, 4) is 0 Å². The number of rotatable bonds is 9. The molecular formula is C13H26N2O2. The van der Waals surface area contributed by atoms with Crippen LogP contribution in [-0.2, 0) is 9.53 Å². The second-order valence-electron chi connectivity index (χ2n) is 4.83. The van der Waals surface area contributed by atoms with Crippen LogP contribution in [0.1, 0.15) is 33.1 Å². The van der Waals surface area contributed by atoms with Gasteiger partial charge in [-0.1, -0.05) is 6.92 Å². The first-order valence-corrected chi connectivity index (χ1v) is 6.69. The number of hydrogen-bond acceptors (Lipinski definition) is 3. The van der Waals surface area contributed by atoms with Crippen LogP contribution in [-0.4, -0.2) is 50.2 Å². The molecule has 1 unspecified atom stereocenters. The summed E-state index contributed by atoms with van der Waals surface area (Å²) >= 11 is 0. The van der Waals surface area contributed by atoms with Gasteiger partial charge in [-0.05, 0) is 38.6 Å². The Balaban J connectivity index is 2.39. The first kappa shape index (κ1) is 14.5. The molecule has 0 aromatic rings. The third-order valence-electron chi connectivity index (χ3n) is 3.36. The molecule has 0 saturated heterocycles. The van der Waals surface area contributed by atoms with Crippen molar-refractivity contribution >= 4 is 5.91 Å². The van der Waals surface area contributed by atoms with Crippen LogP contribution in [0.5, 0.6) is 0 Å². The van der Waals surface area contributed by atoms with Crippen molar-refractivity contribution in [2.45, 2.75) is 39.2 Å². The summed E-state index contributed by atoms with van der Waals surface area (Å²) in [4.78, 5) is 14.1. The molecule has 0 aliphatic heterocycles. The molecule has 1 N–H and O–H groups in total. The molecule has 1 aliphatic rings. The lowest BCUT2D eigenvalue weighted by atomic mass is 10.2. The molecule has 0 heterocycles. The topological polar surface area (TPSA) is 41.6 Å². The number of methoxy groups -OCH3 is 1. The molecule has 0 radical (unpaired) electrons. The lowest BCUT2D eigenvalue weighted by Gasteiger charge is -2.29. The van der Waals surface area contributed by atoms with E-state index >= 15 is 0 Å². The van der Waals surface area contributed by atoms with Crippen molar-refractivity contribution in [3.05, 3.63) is 0 Å². The standard InChI is InChI=1S/C13H26N2O2/c1-4-7-14-10-13(16)15(8-9-17-3)11(2)12-5-6-12/h11-12,14H,4-10H2,1-3H3. The number of nitrogens with zero attached hydrogens (tertiary/aromatic N) is 1. The number of nitrogens with one attached hydrogen (secondary N) is 1. The zero-order chi connectivity index (χ0) is 12.7. The molecule has 1 saturated carbocycles. The number of hydrogen-bond donors (Lipinski definition) is 1. The van der Waals surface area contributed by atoms with Gasteiger partial charge in [0, 0.05) is 19.7 Å². The van der Waals surface area contributed by atoms with Gasteiger partial charge in [0.2, 0.25) is 5.91 Å². The van der Waals surface area contributed by atoms with Gasteiger partial charge in [-0.15, -0.1) is 0 Å². The van der Waals surface area contributed by atoms with Gasteiger partial charge >= 0.3 is 0 Å². The highest BCUT2D eigenvalue weighted by molar-refractivity contribution is 5.78. The summed E-state index contributed by atoms with van der Waals surface area (Å²) in [7, 11) is 1.68. The molecule has 1 aliphatic carbocycles. The van der Waals surface area contributed by atoms with Crippen molar-refractivity contribution in [1.82, 2.24) is 10.2 Å². The van der Waals surface area contributed by atoms with Crippen molar-refractivity contribution in [1.29, 1.82) is 0 Å². The summed E-state index contributed by atoms with van der Waals surface area (Å²) in [6.45, 7) is 6.95. The van der Waals surface area contributed by atoms with E-state index in [9.17, 15) is 4.79 Å². The smallest absolute Gasteiger partial charge is 0.236 e. The van der Waals surface area contributed by atoms with E-state index in [2.05, 4.69) is 19.2 Å². The number of carbonyl (C=O) groups is 1. The third-order valence-corrected chi connectivity index (χ3v) is 3.36. The molecule has 0 aromatic heterocycles. The van der Waals surface area contributed by atoms with Gasteiger partial charge in [-0.2, -0.15) is 0 Å². The van der Waals surface area contributed by atoms with Gasteiger partial charge in [0.05, 0.1) is 13.2 Å². The molecule has 4 heteroatoms. The average molecular weight is 242 g/mol. The lowest BCUT2D eigenvalue weighted by Crippen LogP contribution is -2.46. The molecule has 17 heavy (non-hydrogen) atoms. The summed E-state index contributed by atoms with van der Waals surface area (Å²) in [5, 5.41) is 3.17. The van der Waals surface area contributed by atoms with Gasteiger partial charge in [0.15, 0.2) is 0 Å². The molecule has 1 rings (SSSR count). The van der Waals surface area contributed by atoms with Crippen LogP contribution < -0.4 is 5.32 Å². The first-order chi connectivity index (χ1) is 8.20. The van der Waals surface area contributed by atoms with Crippen molar-refractivity contribution < 1.29 is 9.53 Å². The zero-order valence-electron chi connectivity index (χ0n) is 11.4. The maximum absolute atomic E-state index is 12.1. The average Bonchev–Trinajstić information content (AvgIpc) is 3.13. The van der Waals surface area contributed by atoms with Gasteiger partial charge in [-0.25, -0.2) is 0 Å². The van der Waals surface area contributed by atoms with E-state index in [4.69, 9.17) is 4.74 Å². The summed E-state index contributed by atoms with van der Waals surface area (Å²) in [5.74, 6) is 0.914. The molecule has 0 bridgehead atoms. The first-order valence-electron chi connectivity index (χ1n) is 6.69. The van der Waals surface area contributed by atoms with Crippen LogP contribution in [0, 0.1) is 5.92 Å². The molecule has 100 valence electrons. The second kappa shape index (κ2) is 7.67. The number of ether oxygens (including phenoxy) is 1. The number of carbonyl (C=O) groups excluding carboxylic acids is 1. The predicted molar refractivity (Wildman–Crippen MR) is 68.9 cm³/mol. The highest BCUT2D eigenvalue weighted by Gasteiger charge is 2.33. The second-order valence-corrected chi connectivity index (χ2v) is 4.83. The Kier molecular flexibility index (Phi) is 6.52. The summed E-state index contributed by atoms with van der Waals surface area (Å²) in [6.07, 6.45) is 3.59. The van der Waals surface area contributed by atoms with Crippen LogP contribution in [0.2, 0.25) is 0 Å². The number of amides is 1. The SMILES string of the molecule is CCCNCC(=O)N(CCOC)C(C)C1CC1. The Bertz CT molecular complexity index is 229. The van der Waals surface area contributed by atoms with E-state index in [0.717, 1.165) is 13.0 Å².